The van der Waals surface area contributed by atoms with Crippen LogP contribution in [-0.4, -0.2) is 23.9 Å². The number of hydrogen-bond donors (Lipinski definition) is 2. The minimum absolute atomic E-state index is 0.230. The number of carbonyl (C=O) groups is 2. The van der Waals surface area contributed by atoms with Gasteiger partial charge in [-0.25, -0.2) is 0 Å². The molecule has 1 heterocycles. The molecule has 3 rings (SSSR count). The molecule has 2 aromatic carbocycles. The lowest BCUT2D eigenvalue weighted by Crippen LogP contribution is -2.14. The predicted octanol–water partition coefficient (Wildman–Crippen LogP) is 3.90. The van der Waals surface area contributed by atoms with E-state index in [0.717, 1.165) is 5.56 Å². The minimum Gasteiger partial charge on any atom is -0.496 e. The van der Waals surface area contributed by atoms with Crippen molar-refractivity contribution in [1.29, 1.82) is 0 Å². The number of ether oxygens (including phenoxy) is 1. The fourth-order valence-corrected chi connectivity index (χ4v) is 2.54. The van der Waals surface area contributed by atoms with Gasteiger partial charge in [0, 0.05) is 29.3 Å². The summed E-state index contributed by atoms with van der Waals surface area (Å²) in [5.41, 5.74) is 3.11. The average molecular weight is 361 g/mol. The molecule has 0 saturated carbocycles. The van der Waals surface area contributed by atoms with Gasteiger partial charge >= 0.3 is 0 Å². The van der Waals surface area contributed by atoms with Crippen molar-refractivity contribution in [3.63, 3.8) is 0 Å². The zero-order valence-electron chi connectivity index (χ0n) is 15.0. The number of pyridine rings is 1. The van der Waals surface area contributed by atoms with Gasteiger partial charge in [-0.1, -0.05) is 12.1 Å². The first kappa shape index (κ1) is 18.1. The zero-order chi connectivity index (χ0) is 19.2. The summed E-state index contributed by atoms with van der Waals surface area (Å²) in [7, 11) is 1.52. The minimum atomic E-state index is -0.280. The van der Waals surface area contributed by atoms with Crippen LogP contribution in [0.3, 0.4) is 0 Å². The molecule has 0 fully saturated rings. The van der Waals surface area contributed by atoms with Gasteiger partial charge < -0.3 is 15.4 Å². The van der Waals surface area contributed by atoms with Gasteiger partial charge in [0.05, 0.1) is 12.7 Å². The Kier molecular flexibility index (Phi) is 5.47. The van der Waals surface area contributed by atoms with Crippen molar-refractivity contribution in [2.24, 2.45) is 0 Å². The molecule has 3 aromatic rings. The molecule has 1 aromatic heterocycles. The van der Waals surface area contributed by atoms with E-state index in [2.05, 4.69) is 15.6 Å². The maximum absolute atomic E-state index is 12.4. The first-order valence-electron chi connectivity index (χ1n) is 8.35. The number of nitrogens with zero attached hydrogens (tertiary/aromatic N) is 1. The predicted molar refractivity (Wildman–Crippen MR) is 104 cm³/mol. The maximum Gasteiger partial charge on any atom is 0.259 e. The Balaban J connectivity index is 1.69. The third-order valence-corrected chi connectivity index (χ3v) is 4.03. The number of benzene rings is 2. The molecule has 0 aliphatic rings. The van der Waals surface area contributed by atoms with Crippen LogP contribution in [-0.2, 0) is 0 Å². The van der Waals surface area contributed by atoms with Crippen LogP contribution in [0.2, 0.25) is 0 Å². The molecule has 0 radical (unpaired) electrons. The smallest absolute Gasteiger partial charge is 0.259 e. The van der Waals surface area contributed by atoms with Crippen molar-refractivity contribution in [3.05, 3.63) is 83.7 Å². The first-order chi connectivity index (χ1) is 13.1. The van der Waals surface area contributed by atoms with E-state index in [0.29, 0.717) is 28.3 Å². The van der Waals surface area contributed by atoms with E-state index in [1.54, 1.807) is 67.0 Å². The molecule has 0 bridgehead atoms. The second kappa shape index (κ2) is 8.14. The number of rotatable bonds is 5. The van der Waals surface area contributed by atoms with Crippen molar-refractivity contribution in [2.45, 2.75) is 6.92 Å². The lowest BCUT2D eigenvalue weighted by Gasteiger charge is -2.10. The highest BCUT2D eigenvalue weighted by atomic mass is 16.5. The monoisotopic (exact) mass is 361 g/mol. The molecule has 2 N–H and O–H groups in total. The van der Waals surface area contributed by atoms with Crippen LogP contribution in [0.5, 0.6) is 5.75 Å². The van der Waals surface area contributed by atoms with Gasteiger partial charge in [0.25, 0.3) is 11.8 Å². The Bertz CT molecular complexity index is 968. The van der Waals surface area contributed by atoms with Gasteiger partial charge in [0.2, 0.25) is 0 Å². The fraction of sp³-hybridized carbons (Fsp3) is 0.0952. The highest BCUT2D eigenvalue weighted by Gasteiger charge is 2.12. The fourth-order valence-electron chi connectivity index (χ4n) is 2.54. The van der Waals surface area contributed by atoms with E-state index in [1.165, 1.54) is 7.11 Å². The lowest BCUT2D eigenvalue weighted by molar-refractivity contribution is 0.101. The summed E-state index contributed by atoms with van der Waals surface area (Å²) in [6.45, 7) is 1.87. The normalized spacial score (nSPS) is 10.1. The van der Waals surface area contributed by atoms with E-state index >= 15 is 0 Å². The number of hydrogen-bond acceptors (Lipinski definition) is 4. The van der Waals surface area contributed by atoms with Crippen LogP contribution in [0.1, 0.15) is 26.3 Å². The SMILES string of the molecule is COc1ccccc1C(=O)Nc1ccc(C(=O)Nc2ccncc2C)cc1. The van der Waals surface area contributed by atoms with Crippen LogP contribution in [0, 0.1) is 6.92 Å². The molecule has 0 atom stereocenters. The van der Waals surface area contributed by atoms with Crippen LogP contribution in [0.25, 0.3) is 0 Å². The average Bonchev–Trinajstić information content (AvgIpc) is 2.70. The number of carbonyl (C=O) groups excluding carboxylic acids is 2. The molecule has 0 unspecified atom stereocenters. The Morgan fingerprint density at radius 1 is 0.926 bits per heavy atom. The number of methoxy groups -OCH3 is 1. The quantitative estimate of drug-likeness (QED) is 0.722. The lowest BCUT2D eigenvalue weighted by atomic mass is 10.1. The number of para-hydroxylation sites is 1. The molecule has 0 saturated heterocycles. The number of anilines is 2. The number of nitrogens with one attached hydrogen (secondary N) is 2. The van der Waals surface area contributed by atoms with Crippen LogP contribution in [0.15, 0.2) is 67.0 Å². The molecule has 136 valence electrons. The first-order valence-corrected chi connectivity index (χ1v) is 8.35. The summed E-state index contributed by atoms with van der Waals surface area (Å²) in [4.78, 5) is 28.8. The summed E-state index contributed by atoms with van der Waals surface area (Å²) < 4.78 is 5.20. The van der Waals surface area contributed by atoms with Crippen LogP contribution < -0.4 is 15.4 Å². The van der Waals surface area contributed by atoms with Crippen LogP contribution >= 0.6 is 0 Å². The number of aryl methyl sites for hydroxylation is 1. The maximum atomic E-state index is 12.4. The highest BCUT2D eigenvalue weighted by Crippen LogP contribution is 2.20. The second-order valence-corrected chi connectivity index (χ2v) is 5.88. The Hall–Kier alpha value is -3.67. The van der Waals surface area contributed by atoms with Crippen molar-refractivity contribution < 1.29 is 14.3 Å². The number of amides is 2. The molecular formula is C21H19N3O3. The van der Waals surface area contributed by atoms with E-state index in [-0.39, 0.29) is 11.8 Å². The number of aromatic nitrogens is 1. The Labute approximate surface area is 157 Å². The topological polar surface area (TPSA) is 80.3 Å². The van der Waals surface area contributed by atoms with E-state index in [9.17, 15) is 9.59 Å². The highest BCUT2D eigenvalue weighted by molar-refractivity contribution is 6.07. The van der Waals surface area contributed by atoms with Gasteiger partial charge in [0.1, 0.15) is 5.75 Å². The molecule has 27 heavy (non-hydrogen) atoms. The Morgan fingerprint density at radius 2 is 1.67 bits per heavy atom. The van der Waals surface area contributed by atoms with Gasteiger partial charge in [-0.15, -0.1) is 0 Å². The summed E-state index contributed by atoms with van der Waals surface area (Å²) in [5, 5.41) is 5.64. The molecular weight excluding hydrogens is 342 g/mol. The molecule has 0 spiro atoms. The zero-order valence-corrected chi connectivity index (χ0v) is 15.0. The van der Waals surface area contributed by atoms with Gasteiger partial charge in [0.15, 0.2) is 0 Å². The van der Waals surface area contributed by atoms with Crippen molar-refractivity contribution in [1.82, 2.24) is 4.98 Å². The standard InChI is InChI=1S/C21H19N3O3/c1-14-13-22-12-11-18(14)24-20(25)15-7-9-16(10-8-15)23-21(26)17-5-3-4-6-19(17)27-2/h3-13H,1-2H3,(H,23,26)(H,22,24,25). The summed E-state index contributed by atoms with van der Waals surface area (Å²) in [6, 6.07) is 15.4. The summed E-state index contributed by atoms with van der Waals surface area (Å²) in [6.07, 6.45) is 3.31. The third kappa shape index (κ3) is 4.30. The van der Waals surface area contributed by atoms with Gasteiger partial charge in [-0.2, -0.15) is 0 Å². The summed E-state index contributed by atoms with van der Waals surface area (Å²) in [5.74, 6) is -0.0114. The molecule has 6 nitrogen and oxygen atoms in total. The largest absolute Gasteiger partial charge is 0.496 e. The van der Waals surface area contributed by atoms with E-state index < -0.39 is 0 Å². The molecule has 0 aliphatic carbocycles. The van der Waals surface area contributed by atoms with Crippen molar-refractivity contribution >= 4 is 23.2 Å². The second-order valence-electron chi connectivity index (χ2n) is 5.88. The molecule has 6 heteroatoms. The van der Waals surface area contributed by atoms with Gasteiger partial charge in [-0.05, 0) is 55.0 Å². The van der Waals surface area contributed by atoms with Crippen LogP contribution in [0.4, 0.5) is 11.4 Å². The molecule has 2 amide bonds. The van der Waals surface area contributed by atoms with E-state index in [4.69, 9.17) is 4.74 Å². The van der Waals surface area contributed by atoms with Gasteiger partial charge in [-0.3, -0.25) is 14.6 Å². The molecule has 0 aliphatic heterocycles. The van der Waals surface area contributed by atoms with Crippen molar-refractivity contribution in [2.75, 3.05) is 17.7 Å². The Morgan fingerprint density at radius 3 is 2.37 bits per heavy atom. The summed E-state index contributed by atoms with van der Waals surface area (Å²) >= 11 is 0. The third-order valence-electron chi connectivity index (χ3n) is 4.03. The van der Waals surface area contributed by atoms with Crippen molar-refractivity contribution in [3.8, 4) is 5.75 Å². The van der Waals surface area contributed by atoms with E-state index in [1.807, 2.05) is 6.92 Å².